The first-order valence-electron chi connectivity index (χ1n) is 5.10. The molecule has 0 aliphatic carbocycles. The van der Waals surface area contributed by atoms with Crippen molar-refractivity contribution in [2.75, 3.05) is 0 Å². The van der Waals surface area contributed by atoms with Crippen molar-refractivity contribution < 1.29 is 22.4 Å². The fraction of sp³-hybridized carbons (Fsp3) is 0.364. The predicted octanol–water partition coefficient (Wildman–Crippen LogP) is 1.81. The number of rotatable bonds is 3. The lowest BCUT2D eigenvalue weighted by molar-refractivity contribution is -0.138. The van der Waals surface area contributed by atoms with Crippen LogP contribution in [0.2, 0.25) is 0 Å². The predicted molar refractivity (Wildman–Crippen MR) is 56.9 cm³/mol. The van der Waals surface area contributed by atoms with E-state index in [1.807, 2.05) is 0 Å². The van der Waals surface area contributed by atoms with Crippen LogP contribution >= 0.6 is 0 Å². The van der Waals surface area contributed by atoms with E-state index in [0.29, 0.717) is 6.07 Å². The van der Waals surface area contributed by atoms with Gasteiger partial charge in [0.25, 0.3) is 0 Å². The molecule has 0 unspecified atom stereocenters. The zero-order chi connectivity index (χ0) is 13.9. The van der Waals surface area contributed by atoms with Gasteiger partial charge < -0.3 is 11.1 Å². The first kappa shape index (κ1) is 14.4. The van der Waals surface area contributed by atoms with Gasteiger partial charge in [-0.05, 0) is 24.6 Å². The van der Waals surface area contributed by atoms with Crippen molar-refractivity contribution in [2.24, 2.45) is 5.73 Å². The molecule has 0 aliphatic heterocycles. The number of halogens is 4. The molecule has 0 fully saturated rings. The molecule has 0 spiro atoms. The highest BCUT2D eigenvalue weighted by atomic mass is 19.4. The molecule has 3 N–H and O–H groups in total. The summed E-state index contributed by atoms with van der Waals surface area (Å²) in [6.07, 6.45) is -4.67. The first-order valence-corrected chi connectivity index (χ1v) is 5.10. The maximum atomic E-state index is 12.8. The van der Waals surface area contributed by atoms with Gasteiger partial charge in [-0.3, -0.25) is 4.79 Å². The van der Waals surface area contributed by atoms with Crippen LogP contribution in [0.15, 0.2) is 18.2 Å². The van der Waals surface area contributed by atoms with Gasteiger partial charge in [0, 0.05) is 6.54 Å². The summed E-state index contributed by atoms with van der Waals surface area (Å²) >= 11 is 0. The van der Waals surface area contributed by atoms with Crippen molar-refractivity contribution in [3.63, 3.8) is 0 Å². The average Bonchev–Trinajstić information content (AvgIpc) is 2.25. The Kier molecular flexibility index (Phi) is 4.28. The molecule has 0 aromatic heterocycles. The van der Waals surface area contributed by atoms with Crippen molar-refractivity contribution in [3.8, 4) is 0 Å². The highest BCUT2D eigenvalue weighted by Crippen LogP contribution is 2.32. The molecular formula is C11H12F4N2O. The number of amides is 1. The van der Waals surface area contributed by atoms with Crippen LogP contribution in [0.25, 0.3) is 0 Å². The number of nitrogens with one attached hydrogen (secondary N) is 1. The van der Waals surface area contributed by atoms with E-state index in [0.717, 1.165) is 12.1 Å². The largest absolute Gasteiger partial charge is 0.416 e. The Morgan fingerprint density at radius 3 is 2.56 bits per heavy atom. The molecule has 0 saturated heterocycles. The fourth-order valence-electron chi connectivity index (χ4n) is 1.31. The number of carbonyl (C=O) groups is 1. The zero-order valence-corrected chi connectivity index (χ0v) is 9.51. The Morgan fingerprint density at radius 2 is 2.06 bits per heavy atom. The van der Waals surface area contributed by atoms with Gasteiger partial charge in [0.15, 0.2) is 0 Å². The molecule has 18 heavy (non-hydrogen) atoms. The lowest BCUT2D eigenvalue weighted by Crippen LogP contribution is -2.38. The molecule has 0 saturated carbocycles. The van der Waals surface area contributed by atoms with E-state index in [4.69, 9.17) is 5.73 Å². The summed E-state index contributed by atoms with van der Waals surface area (Å²) in [5.74, 6) is -1.56. The molecule has 0 bridgehead atoms. The van der Waals surface area contributed by atoms with E-state index < -0.39 is 29.5 Å². The molecule has 0 heterocycles. The Morgan fingerprint density at radius 1 is 1.44 bits per heavy atom. The monoisotopic (exact) mass is 264 g/mol. The van der Waals surface area contributed by atoms with Gasteiger partial charge in [0.1, 0.15) is 5.82 Å². The third-order valence-electron chi connectivity index (χ3n) is 2.24. The second kappa shape index (κ2) is 5.34. The van der Waals surface area contributed by atoms with Crippen LogP contribution < -0.4 is 11.1 Å². The molecule has 1 amide bonds. The van der Waals surface area contributed by atoms with E-state index in [9.17, 15) is 22.4 Å². The fourth-order valence-corrected chi connectivity index (χ4v) is 1.31. The summed E-state index contributed by atoms with van der Waals surface area (Å²) in [6, 6.07) is 1.47. The summed E-state index contributed by atoms with van der Waals surface area (Å²) in [5.41, 5.74) is 3.94. The molecule has 1 rings (SSSR count). The zero-order valence-electron chi connectivity index (χ0n) is 9.51. The molecule has 0 aliphatic rings. The van der Waals surface area contributed by atoms with E-state index in [2.05, 4.69) is 5.32 Å². The van der Waals surface area contributed by atoms with Crippen molar-refractivity contribution in [3.05, 3.63) is 35.1 Å². The Bertz CT molecular complexity index is 443. The molecular weight excluding hydrogens is 252 g/mol. The second-order valence-corrected chi connectivity index (χ2v) is 3.81. The van der Waals surface area contributed by atoms with Crippen LogP contribution in [-0.4, -0.2) is 11.9 Å². The number of nitrogens with two attached hydrogens (primary N) is 1. The number of hydrogen-bond acceptors (Lipinski definition) is 2. The molecule has 1 aromatic rings. The minimum Gasteiger partial charge on any atom is -0.351 e. The summed E-state index contributed by atoms with van der Waals surface area (Å²) in [6.45, 7) is 1.06. The Labute approximate surface area is 101 Å². The van der Waals surface area contributed by atoms with E-state index in [1.54, 1.807) is 0 Å². The number of alkyl halides is 3. The van der Waals surface area contributed by atoms with Crippen LogP contribution in [0.5, 0.6) is 0 Å². The van der Waals surface area contributed by atoms with Gasteiger partial charge in [-0.2, -0.15) is 13.2 Å². The minimum absolute atomic E-state index is 0.210. The molecule has 7 heteroatoms. The first-order chi connectivity index (χ1) is 8.21. The van der Waals surface area contributed by atoms with Crippen LogP contribution in [0.1, 0.15) is 18.1 Å². The highest BCUT2D eigenvalue weighted by Gasteiger charge is 2.33. The SMILES string of the molecule is C[C@H](N)C(=O)NCc1ccc(F)cc1C(F)(F)F. The van der Waals surface area contributed by atoms with Crippen LogP contribution in [0.3, 0.4) is 0 Å². The average molecular weight is 264 g/mol. The standard InChI is InChI=1S/C11H12F4N2O/c1-6(16)10(18)17-5-7-2-3-8(12)4-9(7)11(13,14)15/h2-4,6H,5,16H2,1H3,(H,17,18)/t6-/m0/s1. The topological polar surface area (TPSA) is 55.1 Å². The number of benzene rings is 1. The maximum absolute atomic E-state index is 12.8. The number of hydrogen-bond donors (Lipinski definition) is 2. The number of carbonyl (C=O) groups excluding carboxylic acids is 1. The minimum atomic E-state index is -4.67. The quantitative estimate of drug-likeness (QED) is 0.818. The molecule has 0 radical (unpaired) electrons. The van der Waals surface area contributed by atoms with Gasteiger partial charge in [-0.25, -0.2) is 4.39 Å². The van der Waals surface area contributed by atoms with E-state index in [1.165, 1.54) is 6.92 Å². The summed E-state index contributed by atoms with van der Waals surface area (Å²) in [5, 5.41) is 2.24. The molecule has 1 atom stereocenters. The molecule has 1 aromatic carbocycles. The van der Waals surface area contributed by atoms with Crippen LogP contribution in [0.4, 0.5) is 17.6 Å². The summed E-state index contributed by atoms with van der Waals surface area (Å²) in [7, 11) is 0. The smallest absolute Gasteiger partial charge is 0.351 e. The van der Waals surface area contributed by atoms with Crippen molar-refractivity contribution in [1.29, 1.82) is 0 Å². The maximum Gasteiger partial charge on any atom is 0.416 e. The molecule has 3 nitrogen and oxygen atoms in total. The van der Waals surface area contributed by atoms with Gasteiger partial charge in [-0.15, -0.1) is 0 Å². The Balaban J connectivity index is 2.92. The van der Waals surface area contributed by atoms with Crippen LogP contribution in [-0.2, 0) is 17.5 Å². The highest BCUT2D eigenvalue weighted by molar-refractivity contribution is 5.80. The van der Waals surface area contributed by atoms with Gasteiger partial charge in [0.05, 0.1) is 11.6 Å². The van der Waals surface area contributed by atoms with Crippen molar-refractivity contribution >= 4 is 5.91 Å². The Hall–Kier alpha value is -1.63. The van der Waals surface area contributed by atoms with E-state index in [-0.39, 0.29) is 12.1 Å². The molecule has 100 valence electrons. The summed E-state index contributed by atoms with van der Waals surface area (Å²) in [4.78, 5) is 11.2. The third-order valence-corrected chi connectivity index (χ3v) is 2.24. The van der Waals surface area contributed by atoms with E-state index >= 15 is 0 Å². The van der Waals surface area contributed by atoms with Gasteiger partial charge in [-0.1, -0.05) is 6.07 Å². The second-order valence-electron chi connectivity index (χ2n) is 3.81. The van der Waals surface area contributed by atoms with Crippen molar-refractivity contribution in [2.45, 2.75) is 25.7 Å². The van der Waals surface area contributed by atoms with Gasteiger partial charge >= 0.3 is 6.18 Å². The van der Waals surface area contributed by atoms with Crippen LogP contribution in [0, 0.1) is 5.82 Å². The van der Waals surface area contributed by atoms with Gasteiger partial charge in [0.2, 0.25) is 5.91 Å². The normalized spacial score (nSPS) is 13.2. The third kappa shape index (κ3) is 3.69. The summed E-state index contributed by atoms with van der Waals surface area (Å²) < 4.78 is 50.6. The van der Waals surface area contributed by atoms with Crippen molar-refractivity contribution in [1.82, 2.24) is 5.32 Å². The lowest BCUT2D eigenvalue weighted by atomic mass is 10.1. The lowest BCUT2D eigenvalue weighted by Gasteiger charge is -2.14.